The lowest BCUT2D eigenvalue weighted by Crippen LogP contribution is -2.47. The van der Waals surface area contributed by atoms with Crippen LogP contribution in [0.5, 0.6) is 0 Å². The fraction of sp³-hybridized carbons (Fsp3) is 1.00. The van der Waals surface area contributed by atoms with Crippen molar-refractivity contribution in [3.8, 4) is 0 Å². The largest absolute Gasteiger partial charge is 0.432 e. The van der Waals surface area contributed by atoms with E-state index in [0.717, 1.165) is 13.0 Å². The monoisotopic (exact) mass is 416 g/mol. The molecule has 0 bridgehead atoms. The standard InChI is InChI=1S/C24H50O2.BH3O2/c1-6-7-8-9-10-11-12-13-14-15-16-17-18-19-20-21-22-26-24(4,5)23(2,3)25;2-1-3/h25H,6-22H2,1-5H3;1-3H. The summed E-state index contributed by atoms with van der Waals surface area (Å²) < 4.78 is 5.86. The summed E-state index contributed by atoms with van der Waals surface area (Å²) in [6.45, 7) is 10.6. The van der Waals surface area contributed by atoms with Gasteiger partial charge in [-0.3, -0.25) is 0 Å². The highest BCUT2D eigenvalue weighted by Gasteiger charge is 2.35. The van der Waals surface area contributed by atoms with Crippen molar-refractivity contribution in [1.82, 2.24) is 0 Å². The van der Waals surface area contributed by atoms with Gasteiger partial charge in [0.05, 0.1) is 11.2 Å². The predicted molar refractivity (Wildman–Crippen MR) is 127 cm³/mol. The molecule has 0 amide bonds. The number of ether oxygens (including phenoxy) is 1. The number of hydrogen-bond donors (Lipinski definition) is 3. The molecule has 0 aliphatic carbocycles. The lowest BCUT2D eigenvalue weighted by atomic mass is 9.89. The molecule has 0 aromatic rings. The van der Waals surface area contributed by atoms with Crippen LogP contribution in [0.25, 0.3) is 0 Å². The molecule has 0 aromatic heterocycles. The summed E-state index contributed by atoms with van der Waals surface area (Å²) in [4.78, 5) is 0. The predicted octanol–water partition coefficient (Wildman–Crippen LogP) is 6.05. The summed E-state index contributed by atoms with van der Waals surface area (Å²) in [6, 6.07) is 0. The summed E-state index contributed by atoms with van der Waals surface area (Å²) in [5.74, 6) is 0. The van der Waals surface area contributed by atoms with E-state index >= 15 is 0 Å². The minimum absolute atomic E-state index is 0.470. The minimum atomic E-state index is -0.790. The average Bonchev–Trinajstić information content (AvgIpc) is 2.64. The molecule has 0 saturated heterocycles. The van der Waals surface area contributed by atoms with Crippen molar-refractivity contribution < 1.29 is 19.9 Å². The Morgan fingerprint density at radius 3 is 1.14 bits per heavy atom. The molecule has 0 heterocycles. The third kappa shape index (κ3) is 22.4. The van der Waals surface area contributed by atoms with Crippen LogP contribution in [0.1, 0.15) is 137 Å². The van der Waals surface area contributed by atoms with E-state index in [9.17, 15) is 5.11 Å². The maximum atomic E-state index is 10.1. The lowest BCUT2D eigenvalue weighted by molar-refractivity contribution is -0.147. The van der Waals surface area contributed by atoms with Gasteiger partial charge in [0.15, 0.2) is 0 Å². The van der Waals surface area contributed by atoms with Crippen molar-refractivity contribution >= 4 is 7.69 Å². The number of hydrogen-bond acceptors (Lipinski definition) is 4. The fourth-order valence-electron chi connectivity index (χ4n) is 3.15. The van der Waals surface area contributed by atoms with Crippen LogP contribution in [0, 0.1) is 0 Å². The second-order valence-electron chi connectivity index (χ2n) is 9.36. The highest BCUT2D eigenvalue weighted by Crippen LogP contribution is 2.25. The van der Waals surface area contributed by atoms with E-state index in [2.05, 4.69) is 6.92 Å². The first kappa shape index (κ1) is 31.1. The Bertz CT molecular complexity index is 316. The van der Waals surface area contributed by atoms with Crippen molar-refractivity contribution in [2.24, 2.45) is 0 Å². The Balaban J connectivity index is 0. The lowest BCUT2D eigenvalue weighted by Gasteiger charge is -2.37. The average molecular weight is 416 g/mol. The van der Waals surface area contributed by atoms with E-state index in [1.54, 1.807) is 0 Å². The van der Waals surface area contributed by atoms with Gasteiger partial charge in [0.1, 0.15) is 0 Å². The first-order chi connectivity index (χ1) is 13.7. The van der Waals surface area contributed by atoms with Crippen LogP contribution in [0.4, 0.5) is 0 Å². The molecule has 0 aromatic carbocycles. The highest BCUT2D eigenvalue weighted by molar-refractivity contribution is 6.13. The quantitative estimate of drug-likeness (QED) is 0.177. The summed E-state index contributed by atoms with van der Waals surface area (Å²) in [6.07, 6.45) is 22.2. The Morgan fingerprint density at radius 2 is 0.862 bits per heavy atom. The second-order valence-corrected chi connectivity index (χ2v) is 9.36. The third-order valence-corrected chi connectivity index (χ3v) is 5.93. The van der Waals surface area contributed by atoms with Gasteiger partial charge in [-0.2, -0.15) is 0 Å². The first-order valence-electron chi connectivity index (χ1n) is 12.3. The molecule has 0 saturated carbocycles. The van der Waals surface area contributed by atoms with Crippen LogP contribution < -0.4 is 0 Å². The molecule has 5 heteroatoms. The number of aliphatic hydroxyl groups is 1. The smallest absolute Gasteiger partial charge is 0.430 e. The van der Waals surface area contributed by atoms with Gasteiger partial charge in [-0.25, -0.2) is 0 Å². The Morgan fingerprint density at radius 1 is 0.586 bits per heavy atom. The molecule has 3 N–H and O–H groups in total. The summed E-state index contributed by atoms with van der Waals surface area (Å²) in [5, 5.41) is 24.3. The van der Waals surface area contributed by atoms with Crippen molar-refractivity contribution in [2.75, 3.05) is 6.61 Å². The molecule has 0 aliphatic heterocycles. The molecule has 0 spiro atoms. The van der Waals surface area contributed by atoms with Crippen molar-refractivity contribution in [3.63, 3.8) is 0 Å². The normalized spacial score (nSPS) is 11.9. The highest BCUT2D eigenvalue weighted by atomic mass is 16.5. The molecule has 0 unspecified atom stereocenters. The van der Waals surface area contributed by atoms with Gasteiger partial charge in [-0.1, -0.05) is 103 Å². The van der Waals surface area contributed by atoms with Gasteiger partial charge < -0.3 is 19.9 Å². The maximum absolute atomic E-state index is 10.1. The number of unbranched alkanes of at least 4 members (excludes halogenated alkanes) is 15. The Hall–Kier alpha value is -0.0951. The number of rotatable bonds is 19. The van der Waals surface area contributed by atoms with Crippen LogP contribution in [-0.4, -0.2) is 40.6 Å². The van der Waals surface area contributed by atoms with E-state index < -0.39 is 18.9 Å². The molecular formula is C24H53BO4. The van der Waals surface area contributed by atoms with Crippen LogP contribution >= 0.6 is 0 Å². The third-order valence-electron chi connectivity index (χ3n) is 5.93. The van der Waals surface area contributed by atoms with Crippen LogP contribution in [0.15, 0.2) is 0 Å². The molecule has 0 fully saturated rings. The van der Waals surface area contributed by atoms with Gasteiger partial charge in [0, 0.05) is 6.61 Å². The molecule has 4 nitrogen and oxygen atoms in total. The maximum Gasteiger partial charge on any atom is 0.432 e. The van der Waals surface area contributed by atoms with E-state index in [-0.39, 0.29) is 0 Å². The van der Waals surface area contributed by atoms with Gasteiger partial charge in [-0.05, 0) is 34.1 Å². The first-order valence-corrected chi connectivity index (χ1v) is 12.3. The Kier molecular flexibility index (Phi) is 22.7. The van der Waals surface area contributed by atoms with Crippen molar-refractivity contribution in [3.05, 3.63) is 0 Å². The van der Waals surface area contributed by atoms with E-state index in [4.69, 9.17) is 14.8 Å². The van der Waals surface area contributed by atoms with Crippen LogP contribution in [-0.2, 0) is 4.74 Å². The molecule has 0 rings (SSSR count). The molecule has 0 atom stereocenters. The fourth-order valence-corrected chi connectivity index (χ4v) is 3.15. The van der Waals surface area contributed by atoms with Crippen molar-refractivity contribution in [1.29, 1.82) is 0 Å². The molecule has 0 aliphatic rings. The zero-order valence-electron chi connectivity index (χ0n) is 20.5. The van der Waals surface area contributed by atoms with E-state index in [1.165, 1.54) is 96.3 Å². The minimum Gasteiger partial charge on any atom is -0.430 e. The van der Waals surface area contributed by atoms with Gasteiger partial charge in [0.2, 0.25) is 0 Å². The van der Waals surface area contributed by atoms with Crippen molar-refractivity contribution in [2.45, 2.75) is 149 Å². The zero-order chi connectivity index (χ0) is 22.4. The SMILES string of the molecule is CCCCCCCCCCCCCCCCCCOC(C)(C)C(C)(C)O.OBO. The van der Waals surface area contributed by atoms with Crippen LogP contribution in [0.2, 0.25) is 0 Å². The summed E-state index contributed by atoms with van der Waals surface area (Å²) >= 11 is 0. The topological polar surface area (TPSA) is 69.9 Å². The Labute approximate surface area is 183 Å². The summed E-state index contributed by atoms with van der Waals surface area (Å²) in [5.41, 5.74) is -1.26. The summed E-state index contributed by atoms with van der Waals surface area (Å²) in [7, 11) is -0.750. The second kappa shape index (κ2) is 21.1. The molecular weight excluding hydrogens is 363 g/mol. The molecule has 176 valence electrons. The molecule has 29 heavy (non-hydrogen) atoms. The zero-order valence-corrected chi connectivity index (χ0v) is 20.5. The van der Waals surface area contributed by atoms with E-state index in [0.29, 0.717) is 0 Å². The van der Waals surface area contributed by atoms with Gasteiger partial charge >= 0.3 is 7.69 Å². The van der Waals surface area contributed by atoms with Gasteiger partial charge in [0.25, 0.3) is 0 Å². The van der Waals surface area contributed by atoms with E-state index in [1.807, 2.05) is 27.7 Å². The van der Waals surface area contributed by atoms with Crippen LogP contribution in [0.3, 0.4) is 0 Å². The van der Waals surface area contributed by atoms with Gasteiger partial charge in [-0.15, -0.1) is 0 Å². The molecule has 0 radical (unpaired) electrons.